The van der Waals surface area contributed by atoms with Gasteiger partial charge in [0.25, 0.3) is 0 Å². The third kappa shape index (κ3) is 3.46. The first kappa shape index (κ1) is 15.4. The van der Waals surface area contributed by atoms with Gasteiger partial charge in [-0.3, -0.25) is 5.32 Å². The number of urea groups is 1. The number of amides is 2. The van der Waals surface area contributed by atoms with E-state index in [9.17, 15) is 4.79 Å². The summed E-state index contributed by atoms with van der Waals surface area (Å²) in [6.07, 6.45) is 0.952. The Hall–Kier alpha value is -2.53. The van der Waals surface area contributed by atoms with Gasteiger partial charge >= 0.3 is 6.03 Å². The molecule has 3 rings (SSSR count). The minimum absolute atomic E-state index is 0.333. The van der Waals surface area contributed by atoms with E-state index < -0.39 is 0 Å². The number of aromatic nitrogens is 2. The summed E-state index contributed by atoms with van der Waals surface area (Å²) in [5.41, 5.74) is 2.55. The van der Waals surface area contributed by atoms with Crippen molar-refractivity contribution in [2.24, 2.45) is 0 Å². The zero-order valence-corrected chi connectivity index (χ0v) is 13.5. The molecule has 23 heavy (non-hydrogen) atoms. The SMILES string of the molecule is CCCn1c(NC(=O)Nc2ccc(Cl)cc2)nc2ccccc21. The molecule has 5 nitrogen and oxygen atoms in total. The van der Waals surface area contributed by atoms with Crippen LogP contribution in [0.2, 0.25) is 5.02 Å². The highest BCUT2D eigenvalue weighted by molar-refractivity contribution is 6.30. The number of benzene rings is 2. The molecule has 0 saturated carbocycles. The molecule has 2 N–H and O–H groups in total. The molecule has 0 aliphatic carbocycles. The summed E-state index contributed by atoms with van der Waals surface area (Å²) in [6, 6.07) is 14.4. The van der Waals surface area contributed by atoms with Crippen molar-refractivity contribution < 1.29 is 4.79 Å². The number of rotatable bonds is 4. The number of nitrogens with one attached hydrogen (secondary N) is 2. The van der Waals surface area contributed by atoms with Crippen LogP contribution in [0.25, 0.3) is 11.0 Å². The first-order valence-corrected chi connectivity index (χ1v) is 7.84. The van der Waals surface area contributed by atoms with E-state index in [0.29, 0.717) is 16.7 Å². The molecule has 118 valence electrons. The highest BCUT2D eigenvalue weighted by atomic mass is 35.5. The predicted octanol–water partition coefficient (Wildman–Crippen LogP) is 4.74. The second-order valence-corrected chi connectivity index (χ2v) is 5.60. The van der Waals surface area contributed by atoms with Gasteiger partial charge in [0.1, 0.15) is 0 Å². The summed E-state index contributed by atoms with van der Waals surface area (Å²) in [6.45, 7) is 2.88. The lowest BCUT2D eigenvalue weighted by atomic mass is 10.3. The molecule has 0 aliphatic rings. The Labute approximate surface area is 139 Å². The number of carbonyl (C=O) groups is 1. The Morgan fingerprint density at radius 3 is 2.61 bits per heavy atom. The van der Waals surface area contributed by atoms with Crippen molar-refractivity contribution in [3.05, 3.63) is 53.6 Å². The molecule has 6 heteroatoms. The second kappa shape index (κ2) is 6.71. The number of carbonyl (C=O) groups excluding carboxylic acids is 1. The maximum atomic E-state index is 12.2. The highest BCUT2D eigenvalue weighted by Gasteiger charge is 2.12. The van der Waals surface area contributed by atoms with Crippen LogP contribution in [0.3, 0.4) is 0 Å². The van der Waals surface area contributed by atoms with Gasteiger partial charge in [0.2, 0.25) is 5.95 Å². The van der Waals surface area contributed by atoms with Crippen molar-refractivity contribution in [3.63, 3.8) is 0 Å². The number of halogens is 1. The Kier molecular flexibility index (Phi) is 4.48. The van der Waals surface area contributed by atoms with Crippen LogP contribution in [-0.2, 0) is 6.54 Å². The van der Waals surface area contributed by atoms with Crippen molar-refractivity contribution in [1.29, 1.82) is 0 Å². The molecule has 3 aromatic rings. The van der Waals surface area contributed by atoms with Crippen LogP contribution in [0.5, 0.6) is 0 Å². The number of aryl methyl sites for hydroxylation is 1. The molecule has 0 bridgehead atoms. The fraction of sp³-hybridized carbons (Fsp3) is 0.176. The third-order valence-corrected chi connectivity index (χ3v) is 3.68. The summed E-state index contributed by atoms with van der Waals surface area (Å²) in [4.78, 5) is 16.7. The average molecular weight is 329 g/mol. The third-order valence-electron chi connectivity index (χ3n) is 3.43. The van der Waals surface area contributed by atoms with Crippen molar-refractivity contribution in [2.45, 2.75) is 19.9 Å². The van der Waals surface area contributed by atoms with E-state index in [2.05, 4.69) is 22.5 Å². The lowest BCUT2D eigenvalue weighted by molar-refractivity contribution is 0.262. The van der Waals surface area contributed by atoms with E-state index in [0.717, 1.165) is 24.0 Å². The number of fused-ring (bicyclic) bond motifs is 1. The first-order chi connectivity index (χ1) is 11.2. The van der Waals surface area contributed by atoms with Crippen LogP contribution >= 0.6 is 11.6 Å². The van der Waals surface area contributed by atoms with Gasteiger partial charge in [-0.15, -0.1) is 0 Å². The van der Waals surface area contributed by atoms with E-state index >= 15 is 0 Å². The summed E-state index contributed by atoms with van der Waals surface area (Å²) in [5, 5.41) is 6.21. The fourth-order valence-electron chi connectivity index (χ4n) is 2.42. The van der Waals surface area contributed by atoms with Gasteiger partial charge in [-0.2, -0.15) is 0 Å². The Morgan fingerprint density at radius 1 is 1.13 bits per heavy atom. The minimum atomic E-state index is -0.333. The van der Waals surface area contributed by atoms with Crippen molar-refractivity contribution in [3.8, 4) is 0 Å². The van der Waals surface area contributed by atoms with Gasteiger partial charge < -0.3 is 9.88 Å². The summed E-state index contributed by atoms with van der Waals surface area (Å²) < 4.78 is 2.01. The van der Waals surface area contributed by atoms with Gasteiger partial charge in [-0.1, -0.05) is 30.7 Å². The number of imidazole rings is 1. The number of para-hydroxylation sites is 2. The van der Waals surface area contributed by atoms with Gasteiger partial charge in [0.15, 0.2) is 0 Å². The minimum Gasteiger partial charge on any atom is -0.310 e. The molecule has 0 saturated heterocycles. The Bertz CT molecular complexity index is 826. The lowest BCUT2D eigenvalue weighted by Gasteiger charge is -2.10. The maximum Gasteiger partial charge on any atom is 0.326 e. The smallest absolute Gasteiger partial charge is 0.310 e. The lowest BCUT2D eigenvalue weighted by Crippen LogP contribution is -2.22. The zero-order valence-electron chi connectivity index (χ0n) is 12.7. The fourth-order valence-corrected chi connectivity index (χ4v) is 2.54. The average Bonchev–Trinajstić information content (AvgIpc) is 2.88. The molecule has 0 aliphatic heterocycles. The predicted molar refractivity (Wildman–Crippen MR) is 94.1 cm³/mol. The summed E-state index contributed by atoms with van der Waals surface area (Å²) in [7, 11) is 0. The van der Waals surface area contributed by atoms with Gasteiger partial charge in [0, 0.05) is 17.3 Å². The summed E-state index contributed by atoms with van der Waals surface area (Å²) >= 11 is 5.84. The standard InChI is InChI=1S/C17H17ClN4O/c1-2-11-22-15-6-4-3-5-14(15)20-16(22)21-17(23)19-13-9-7-12(18)8-10-13/h3-10H,2,11H2,1H3,(H2,19,20,21,23). The van der Waals surface area contributed by atoms with Crippen LogP contribution in [0, 0.1) is 0 Å². The van der Waals surface area contributed by atoms with E-state index in [1.54, 1.807) is 24.3 Å². The number of hydrogen-bond donors (Lipinski definition) is 2. The summed E-state index contributed by atoms with van der Waals surface area (Å²) in [5.74, 6) is 0.541. The molecule has 0 atom stereocenters. The molecule has 1 heterocycles. The molecule has 0 unspecified atom stereocenters. The second-order valence-electron chi connectivity index (χ2n) is 5.16. The monoisotopic (exact) mass is 328 g/mol. The number of hydrogen-bond acceptors (Lipinski definition) is 2. The van der Waals surface area contributed by atoms with E-state index in [1.807, 2.05) is 28.8 Å². The van der Waals surface area contributed by atoms with Crippen LogP contribution in [0.4, 0.5) is 16.4 Å². The van der Waals surface area contributed by atoms with E-state index in [1.165, 1.54) is 0 Å². The highest BCUT2D eigenvalue weighted by Crippen LogP contribution is 2.20. The Morgan fingerprint density at radius 2 is 1.87 bits per heavy atom. The van der Waals surface area contributed by atoms with Crippen LogP contribution in [0.1, 0.15) is 13.3 Å². The molecular formula is C17H17ClN4O. The largest absolute Gasteiger partial charge is 0.326 e. The first-order valence-electron chi connectivity index (χ1n) is 7.46. The van der Waals surface area contributed by atoms with Crippen molar-refractivity contribution >= 4 is 40.3 Å². The molecule has 0 radical (unpaired) electrons. The molecule has 0 spiro atoms. The molecule has 2 amide bonds. The molecular weight excluding hydrogens is 312 g/mol. The number of nitrogens with zero attached hydrogens (tertiary/aromatic N) is 2. The maximum absolute atomic E-state index is 12.2. The van der Waals surface area contributed by atoms with Crippen molar-refractivity contribution in [1.82, 2.24) is 9.55 Å². The van der Waals surface area contributed by atoms with Gasteiger partial charge in [-0.05, 0) is 42.8 Å². The van der Waals surface area contributed by atoms with Gasteiger partial charge in [-0.25, -0.2) is 9.78 Å². The van der Waals surface area contributed by atoms with Gasteiger partial charge in [0.05, 0.1) is 11.0 Å². The van der Waals surface area contributed by atoms with Crippen LogP contribution in [0.15, 0.2) is 48.5 Å². The van der Waals surface area contributed by atoms with E-state index in [-0.39, 0.29) is 6.03 Å². The quantitative estimate of drug-likeness (QED) is 0.726. The van der Waals surface area contributed by atoms with E-state index in [4.69, 9.17) is 11.6 Å². The van der Waals surface area contributed by atoms with Crippen molar-refractivity contribution in [2.75, 3.05) is 10.6 Å². The molecule has 2 aromatic carbocycles. The molecule has 1 aromatic heterocycles. The van der Waals surface area contributed by atoms with Crippen LogP contribution < -0.4 is 10.6 Å². The number of anilines is 2. The normalized spacial score (nSPS) is 10.7. The zero-order chi connectivity index (χ0) is 16.2. The Balaban J connectivity index is 1.81. The van der Waals surface area contributed by atoms with Crippen LogP contribution in [-0.4, -0.2) is 15.6 Å². The molecule has 0 fully saturated rings. The topological polar surface area (TPSA) is 59.0 Å².